The van der Waals surface area contributed by atoms with E-state index in [0.717, 1.165) is 6.54 Å². The molecule has 2 aromatic rings. The van der Waals surface area contributed by atoms with Gasteiger partial charge < -0.3 is 10.1 Å². The number of aryl methyl sites for hydroxylation is 1. The largest absolute Gasteiger partial charge is 0.434 e. The Morgan fingerprint density at radius 2 is 2.25 bits per heavy atom. The van der Waals surface area contributed by atoms with Crippen LogP contribution < -0.4 is 10.1 Å². The van der Waals surface area contributed by atoms with Gasteiger partial charge in [0.05, 0.1) is 24.8 Å². The van der Waals surface area contributed by atoms with Crippen LogP contribution in [0.2, 0.25) is 0 Å². The molecule has 0 aliphatic carbocycles. The molecule has 0 unspecified atom stereocenters. The number of anilines is 1. The predicted molar refractivity (Wildman–Crippen MR) is 59.5 cm³/mol. The molecular weight excluding hydrogens is 206 g/mol. The van der Waals surface area contributed by atoms with Crippen molar-refractivity contribution in [2.75, 3.05) is 11.9 Å². The van der Waals surface area contributed by atoms with Gasteiger partial charge >= 0.3 is 0 Å². The third kappa shape index (κ3) is 2.47. The molecule has 0 atom stereocenters. The smallest absolute Gasteiger partial charge is 0.239 e. The van der Waals surface area contributed by atoms with E-state index in [-0.39, 0.29) is 0 Å². The molecule has 0 saturated heterocycles. The molecule has 0 fully saturated rings. The van der Waals surface area contributed by atoms with Gasteiger partial charge in [-0.2, -0.15) is 10.1 Å². The van der Waals surface area contributed by atoms with Crippen molar-refractivity contribution >= 4 is 5.82 Å². The van der Waals surface area contributed by atoms with Gasteiger partial charge in [0, 0.05) is 13.6 Å². The van der Waals surface area contributed by atoms with Crippen molar-refractivity contribution in [1.82, 2.24) is 19.7 Å². The van der Waals surface area contributed by atoms with E-state index in [2.05, 4.69) is 20.4 Å². The lowest BCUT2D eigenvalue weighted by atomic mass is 10.6. The number of aromatic nitrogens is 4. The summed E-state index contributed by atoms with van der Waals surface area (Å²) >= 11 is 0. The summed E-state index contributed by atoms with van der Waals surface area (Å²) in [5.74, 6) is 1.79. The molecule has 2 rings (SSSR count). The zero-order valence-corrected chi connectivity index (χ0v) is 9.21. The van der Waals surface area contributed by atoms with Crippen LogP contribution in [0.3, 0.4) is 0 Å². The maximum atomic E-state index is 5.49. The topological polar surface area (TPSA) is 64.9 Å². The second-order valence-electron chi connectivity index (χ2n) is 3.22. The molecule has 0 spiro atoms. The molecule has 1 N–H and O–H groups in total. The minimum absolute atomic E-state index is 0.450. The summed E-state index contributed by atoms with van der Waals surface area (Å²) in [6.07, 6.45) is 6.61. The molecule has 0 radical (unpaired) electrons. The van der Waals surface area contributed by atoms with E-state index < -0.39 is 0 Å². The summed E-state index contributed by atoms with van der Waals surface area (Å²) in [5, 5.41) is 7.06. The van der Waals surface area contributed by atoms with E-state index in [1.807, 2.05) is 14.0 Å². The zero-order chi connectivity index (χ0) is 11.4. The molecule has 0 bridgehead atoms. The van der Waals surface area contributed by atoms with E-state index in [1.54, 1.807) is 29.5 Å². The van der Waals surface area contributed by atoms with Gasteiger partial charge in [0.15, 0.2) is 5.75 Å². The minimum atomic E-state index is 0.450. The lowest BCUT2D eigenvalue weighted by molar-refractivity contribution is 0.460. The highest BCUT2D eigenvalue weighted by Gasteiger charge is 2.02. The fourth-order valence-corrected chi connectivity index (χ4v) is 1.24. The quantitative estimate of drug-likeness (QED) is 0.842. The average Bonchev–Trinajstić information content (AvgIpc) is 2.65. The molecule has 0 aliphatic rings. The maximum Gasteiger partial charge on any atom is 0.239 e. The van der Waals surface area contributed by atoms with Crippen molar-refractivity contribution in [3.8, 4) is 11.6 Å². The number of nitrogens with zero attached hydrogens (tertiary/aromatic N) is 4. The molecule has 2 aromatic heterocycles. The van der Waals surface area contributed by atoms with Crippen LogP contribution in [0.15, 0.2) is 24.8 Å². The maximum absolute atomic E-state index is 5.49. The van der Waals surface area contributed by atoms with Crippen molar-refractivity contribution in [3.05, 3.63) is 24.8 Å². The Bertz CT molecular complexity index is 468. The molecule has 84 valence electrons. The SMILES string of the molecule is CCNc1cncc(Oc2cnn(C)c2)n1. The van der Waals surface area contributed by atoms with Crippen LogP contribution in [0.4, 0.5) is 5.82 Å². The van der Waals surface area contributed by atoms with Gasteiger partial charge in [0.1, 0.15) is 5.82 Å². The van der Waals surface area contributed by atoms with E-state index in [0.29, 0.717) is 17.4 Å². The number of hydrogen-bond acceptors (Lipinski definition) is 5. The normalized spacial score (nSPS) is 10.1. The molecule has 0 amide bonds. The third-order valence-electron chi connectivity index (χ3n) is 1.87. The van der Waals surface area contributed by atoms with Gasteiger partial charge in [-0.05, 0) is 6.92 Å². The van der Waals surface area contributed by atoms with E-state index in [1.165, 1.54) is 0 Å². The zero-order valence-electron chi connectivity index (χ0n) is 9.21. The van der Waals surface area contributed by atoms with Crippen LogP contribution in [-0.2, 0) is 7.05 Å². The highest BCUT2D eigenvalue weighted by atomic mass is 16.5. The van der Waals surface area contributed by atoms with Crippen molar-refractivity contribution in [2.45, 2.75) is 6.92 Å². The highest BCUT2D eigenvalue weighted by Crippen LogP contribution is 2.18. The molecule has 6 heteroatoms. The van der Waals surface area contributed by atoms with Crippen molar-refractivity contribution in [1.29, 1.82) is 0 Å². The number of nitrogens with one attached hydrogen (secondary N) is 1. The Labute approximate surface area is 93.3 Å². The molecule has 0 saturated carbocycles. The molecule has 2 heterocycles. The Morgan fingerprint density at radius 1 is 1.38 bits per heavy atom. The number of rotatable bonds is 4. The van der Waals surface area contributed by atoms with Crippen LogP contribution in [0, 0.1) is 0 Å². The second kappa shape index (κ2) is 4.61. The van der Waals surface area contributed by atoms with Crippen LogP contribution in [0.5, 0.6) is 11.6 Å². The predicted octanol–water partition coefficient (Wildman–Crippen LogP) is 1.43. The summed E-state index contributed by atoms with van der Waals surface area (Å²) in [4.78, 5) is 8.26. The molecule has 6 nitrogen and oxygen atoms in total. The average molecular weight is 219 g/mol. The minimum Gasteiger partial charge on any atom is -0.434 e. The van der Waals surface area contributed by atoms with Gasteiger partial charge in [0.25, 0.3) is 0 Å². The van der Waals surface area contributed by atoms with Crippen LogP contribution >= 0.6 is 0 Å². The summed E-state index contributed by atoms with van der Waals surface area (Å²) in [6.45, 7) is 2.79. The number of ether oxygens (including phenoxy) is 1. The molecule has 0 aromatic carbocycles. The summed E-state index contributed by atoms with van der Waals surface area (Å²) in [6, 6.07) is 0. The molecule has 0 aliphatic heterocycles. The lowest BCUT2D eigenvalue weighted by Crippen LogP contribution is -2.00. The van der Waals surface area contributed by atoms with Crippen LogP contribution in [0.25, 0.3) is 0 Å². The Hall–Kier alpha value is -2.11. The second-order valence-corrected chi connectivity index (χ2v) is 3.22. The summed E-state index contributed by atoms with van der Waals surface area (Å²) in [5.41, 5.74) is 0. The standard InChI is InChI=1S/C10H13N5O/c1-3-12-9-5-11-6-10(14-9)16-8-4-13-15(2)7-8/h4-7H,3H2,1-2H3,(H,12,14). The Balaban J connectivity index is 2.12. The fourth-order valence-electron chi connectivity index (χ4n) is 1.24. The molecule has 16 heavy (non-hydrogen) atoms. The van der Waals surface area contributed by atoms with Gasteiger partial charge in [0.2, 0.25) is 5.88 Å². The van der Waals surface area contributed by atoms with Crippen molar-refractivity contribution in [2.24, 2.45) is 7.05 Å². The first-order chi connectivity index (χ1) is 7.78. The third-order valence-corrected chi connectivity index (χ3v) is 1.87. The monoisotopic (exact) mass is 219 g/mol. The van der Waals surface area contributed by atoms with Crippen molar-refractivity contribution in [3.63, 3.8) is 0 Å². The first-order valence-corrected chi connectivity index (χ1v) is 5.00. The van der Waals surface area contributed by atoms with Crippen molar-refractivity contribution < 1.29 is 4.74 Å². The van der Waals surface area contributed by atoms with Crippen LogP contribution in [-0.4, -0.2) is 26.3 Å². The van der Waals surface area contributed by atoms with Crippen LogP contribution in [0.1, 0.15) is 6.92 Å². The molecular formula is C10H13N5O. The Morgan fingerprint density at radius 3 is 2.94 bits per heavy atom. The highest BCUT2D eigenvalue weighted by molar-refractivity contribution is 5.34. The van der Waals surface area contributed by atoms with Gasteiger partial charge in [-0.25, -0.2) is 0 Å². The lowest BCUT2D eigenvalue weighted by Gasteiger charge is -2.04. The van der Waals surface area contributed by atoms with E-state index in [9.17, 15) is 0 Å². The van der Waals surface area contributed by atoms with Gasteiger partial charge in [-0.15, -0.1) is 0 Å². The summed E-state index contributed by atoms with van der Waals surface area (Å²) in [7, 11) is 1.83. The van der Waals surface area contributed by atoms with Gasteiger partial charge in [-0.3, -0.25) is 9.67 Å². The summed E-state index contributed by atoms with van der Waals surface area (Å²) < 4.78 is 7.15. The number of hydrogen-bond donors (Lipinski definition) is 1. The van der Waals surface area contributed by atoms with Gasteiger partial charge in [-0.1, -0.05) is 0 Å². The van der Waals surface area contributed by atoms with E-state index in [4.69, 9.17) is 4.74 Å². The Kier molecular flexibility index (Phi) is 3.00. The first-order valence-electron chi connectivity index (χ1n) is 5.00. The van der Waals surface area contributed by atoms with E-state index >= 15 is 0 Å². The fraction of sp³-hybridized carbons (Fsp3) is 0.300. The first kappa shape index (κ1) is 10.4.